The number of nitrogens with zero attached hydrogens (tertiary/aromatic N) is 1. The second-order valence-electron chi connectivity index (χ2n) is 6.70. The number of carbonyl (C=O) groups is 2. The van der Waals surface area contributed by atoms with Crippen LogP contribution in [-0.4, -0.2) is 29.4 Å². The molecule has 2 aromatic rings. The third-order valence-corrected chi connectivity index (χ3v) is 5.76. The van der Waals surface area contributed by atoms with E-state index in [-0.39, 0.29) is 11.5 Å². The maximum atomic E-state index is 13.0. The molecule has 0 spiro atoms. The molecule has 8 heteroatoms. The van der Waals surface area contributed by atoms with Crippen LogP contribution in [0.2, 0.25) is 0 Å². The van der Waals surface area contributed by atoms with Crippen LogP contribution in [0.4, 0.5) is 5.69 Å². The fourth-order valence-electron chi connectivity index (χ4n) is 2.94. The Morgan fingerprint density at radius 1 is 1.16 bits per heavy atom. The SMILES string of the molecule is CCCCOc1ccc(/C=C2\SC(=S)N(c3cccc(C(=O)[O-])c3)C2=O)cc1OCC. The van der Waals surface area contributed by atoms with Crippen molar-refractivity contribution in [3.63, 3.8) is 0 Å². The predicted molar refractivity (Wildman–Crippen MR) is 124 cm³/mol. The minimum atomic E-state index is -1.31. The lowest BCUT2D eigenvalue weighted by Crippen LogP contribution is -2.28. The molecule has 31 heavy (non-hydrogen) atoms. The Morgan fingerprint density at radius 3 is 2.68 bits per heavy atom. The molecule has 0 radical (unpaired) electrons. The van der Waals surface area contributed by atoms with Gasteiger partial charge in [0.05, 0.1) is 29.8 Å². The largest absolute Gasteiger partial charge is 0.545 e. The van der Waals surface area contributed by atoms with E-state index in [2.05, 4.69) is 6.92 Å². The topological polar surface area (TPSA) is 78.9 Å². The number of carbonyl (C=O) groups excluding carboxylic acids is 2. The zero-order chi connectivity index (χ0) is 22.4. The molecule has 1 saturated heterocycles. The number of thiocarbonyl (C=S) groups is 1. The summed E-state index contributed by atoms with van der Waals surface area (Å²) in [6, 6.07) is 11.5. The first-order chi connectivity index (χ1) is 14.9. The number of unbranched alkanes of at least 4 members (excludes halogenated alkanes) is 1. The zero-order valence-electron chi connectivity index (χ0n) is 17.3. The Kier molecular flexibility index (Phi) is 7.70. The first kappa shape index (κ1) is 22.8. The molecule has 0 saturated carbocycles. The minimum Gasteiger partial charge on any atom is -0.545 e. The van der Waals surface area contributed by atoms with Crippen molar-refractivity contribution in [2.45, 2.75) is 26.7 Å². The van der Waals surface area contributed by atoms with Crippen LogP contribution in [-0.2, 0) is 4.79 Å². The fourth-order valence-corrected chi connectivity index (χ4v) is 4.24. The van der Waals surface area contributed by atoms with E-state index in [1.54, 1.807) is 18.2 Å². The zero-order valence-corrected chi connectivity index (χ0v) is 18.9. The van der Waals surface area contributed by atoms with Crippen molar-refractivity contribution >= 4 is 51.9 Å². The number of benzene rings is 2. The third-order valence-electron chi connectivity index (χ3n) is 4.45. The Labute approximate surface area is 190 Å². The van der Waals surface area contributed by atoms with Crippen molar-refractivity contribution in [2.75, 3.05) is 18.1 Å². The Morgan fingerprint density at radius 2 is 1.97 bits per heavy atom. The molecule has 1 heterocycles. The van der Waals surface area contributed by atoms with E-state index in [1.807, 2.05) is 25.1 Å². The molecule has 0 N–H and O–H groups in total. The van der Waals surface area contributed by atoms with Crippen LogP contribution < -0.4 is 19.5 Å². The van der Waals surface area contributed by atoms with Crippen molar-refractivity contribution in [1.29, 1.82) is 0 Å². The van der Waals surface area contributed by atoms with E-state index in [1.165, 1.54) is 17.0 Å². The number of ether oxygens (including phenoxy) is 2. The number of carboxylic acid groups (broad SMARTS) is 1. The van der Waals surface area contributed by atoms with Crippen molar-refractivity contribution in [3.05, 3.63) is 58.5 Å². The normalized spacial score (nSPS) is 14.9. The molecule has 3 rings (SSSR count). The summed E-state index contributed by atoms with van der Waals surface area (Å²) in [5.74, 6) is -0.345. The molecular formula is C23H22NO5S2-. The smallest absolute Gasteiger partial charge is 0.270 e. The predicted octanol–water partition coefficient (Wildman–Crippen LogP) is 4.03. The van der Waals surface area contributed by atoms with Gasteiger partial charge in [-0.15, -0.1) is 0 Å². The van der Waals surface area contributed by atoms with Crippen molar-refractivity contribution < 1.29 is 24.2 Å². The molecule has 1 amide bonds. The van der Waals surface area contributed by atoms with E-state index in [0.717, 1.165) is 30.2 Å². The lowest BCUT2D eigenvalue weighted by molar-refractivity contribution is -0.255. The summed E-state index contributed by atoms with van der Waals surface area (Å²) in [5.41, 5.74) is 1.15. The average Bonchev–Trinajstić information content (AvgIpc) is 3.03. The van der Waals surface area contributed by atoms with Crippen LogP contribution in [0.3, 0.4) is 0 Å². The Hall–Kier alpha value is -2.84. The van der Waals surface area contributed by atoms with Crippen LogP contribution in [0.5, 0.6) is 11.5 Å². The molecule has 0 unspecified atom stereocenters. The first-order valence-electron chi connectivity index (χ1n) is 9.93. The standard InChI is InChI=1S/C23H23NO5S2/c1-3-5-11-29-18-10-9-15(12-19(18)28-4-2)13-20-21(25)24(23(30)31-20)17-8-6-7-16(14-17)22(26)27/h6-10,12-14H,3-5,11H2,1-2H3,(H,26,27)/p-1/b20-13-. The van der Waals surface area contributed by atoms with Gasteiger partial charge in [0.2, 0.25) is 0 Å². The van der Waals surface area contributed by atoms with Crippen molar-refractivity contribution in [2.24, 2.45) is 0 Å². The monoisotopic (exact) mass is 456 g/mol. The van der Waals surface area contributed by atoms with E-state index >= 15 is 0 Å². The van der Waals surface area contributed by atoms with E-state index in [0.29, 0.717) is 39.6 Å². The number of carboxylic acids is 1. The number of amides is 1. The maximum Gasteiger partial charge on any atom is 0.270 e. The first-order valence-corrected chi connectivity index (χ1v) is 11.2. The highest BCUT2D eigenvalue weighted by molar-refractivity contribution is 8.27. The van der Waals surface area contributed by atoms with E-state index in [9.17, 15) is 14.7 Å². The summed E-state index contributed by atoms with van der Waals surface area (Å²) >= 11 is 6.53. The van der Waals surface area contributed by atoms with Gasteiger partial charge in [-0.2, -0.15) is 0 Å². The molecule has 0 atom stereocenters. The quantitative estimate of drug-likeness (QED) is 0.320. The van der Waals surface area contributed by atoms with Gasteiger partial charge < -0.3 is 19.4 Å². The molecule has 6 nitrogen and oxygen atoms in total. The van der Waals surface area contributed by atoms with E-state index in [4.69, 9.17) is 21.7 Å². The molecule has 0 aromatic heterocycles. The van der Waals surface area contributed by atoms with Gasteiger partial charge in [-0.05, 0) is 54.8 Å². The minimum absolute atomic E-state index is 0.0180. The summed E-state index contributed by atoms with van der Waals surface area (Å²) in [5, 5.41) is 11.1. The van der Waals surface area contributed by atoms with Gasteiger partial charge in [0.25, 0.3) is 5.91 Å². The summed E-state index contributed by atoms with van der Waals surface area (Å²) < 4.78 is 11.8. The van der Waals surface area contributed by atoms with Gasteiger partial charge in [0.1, 0.15) is 0 Å². The second-order valence-corrected chi connectivity index (χ2v) is 8.37. The highest BCUT2D eigenvalue weighted by Crippen LogP contribution is 2.37. The van der Waals surface area contributed by atoms with Crippen LogP contribution in [0.25, 0.3) is 6.08 Å². The second kappa shape index (κ2) is 10.5. The molecule has 0 bridgehead atoms. The number of thioether (sulfide) groups is 1. The summed E-state index contributed by atoms with van der Waals surface area (Å²) in [7, 11) is 0. The lowest BCUT2D eigenvalue weighted by Gasteiger charge is -2.16. The lowest BCUT2D eigenvalue weighted by atomic mass is 10.1. The number of hydrogen-bond donors (Lipinski definition) is 0. The molecule has 1 aliphatic rings. The number of rotatable bonds is 9. The van der Waals surface area contributed by atoms with Gasteiger partial charge >= 0.3 is 0 Å². The average molecular weight is 457 g/mol. The molecule has 1 fully saturated rings. The molecular weight excluding hydrogens is 434 g/mol. The summed E-state index contributed by atoms with van der Waals surface area (Å²) in [4.78, 5) is 25.9. The Bertz CT molecular complexity index is 1030. The Balaban J connectivity index is 1.86. The van der Waals surface area contributed by atoms with Gasteiger partial charge in [-0.25, -0.2) is 0 Å². The highest BCUT2D eigenvalue weighted by atomic mass is 32.2. The van der Waals surface area contributed by atoms with Crippen molar-refractivity contribution in [1.82, 2.24) is 0 Å². The van der Waals surface area contributed by atoms with Crippen LogP contribution in [0.15, 0.2) is 47.4 Å². The van der Waals surface area contributed by atoms with Crippen LogP contribution in [0.1, 0.15) is 42.6 Å². The fraction of sp³-hybridized carbons (Fsp3) is 0.261. The number of aromatic carboxylic acids is 1. The van der Waals surface area contributed by atoms with Gasteiger partial charge in [-0.3, -0.25) is 9.69 Å². The molecule has 1 aliphatic heterocycles. The molecule has 2 aromatic carbocycles. The maximum absolute atomic E-state index is 13.0. The summed E-state index contributed by atoms with van der Waals surface area (Å²) in [6.45, 7) is 5.10. The number of hydrogen-bond acceptors (Lipinski definition) is 7. The van der Waals surface area contributed by atoms with Crippen molar-refractivity contribution in [3.8, 4) is 11.5 Å². The highest BCUT2D eigenvalue weighted by Gasteiger charge is 2.33. The van der Waals surface area contributed by atoms with Gasteiger partial charge in [0, 0.05) is 0 Å². The third kappa shape index (κ3) is 5.45. The van der Waals surface area contributed by atoms with Crippen LogP contribution in [0, 0.1) is 0 Å². The number of anilines is 1. The summed E-state index contributed by atoms with van der Waals surface area (Å²) in [6.07, 6.45) is 3.73. The molecule has 162 valence electrons. The van der Waals surface area contributed by atoms with Crippen LogP contribution >= 0.6 is 24.0 Å². The van der Waals surface area contributed by atoms with Gasteiger partial charge in [-0.1, -0.05) is 55.5 Å². The van der Waals surface area contributed by atoms with E-state index < -0.39 is 5.97 Å². The molecule has 0 aliphatic carbocycles. The van der Waals surface area contributed by atoms with Gasteiger partial charge in [0.15, 0.2) is 15.8 Å².